The third kappa shape index (κ3) is 4.90. The molecule has 8 heteroatoms. The summed E-state index contributed by atoms with van der Waals surface area (Å²) in [5.41, 5.74) is 4.62. The molecule has 184 valence electrons. The number of fused-ring (bicyclic) bond motifs is 2. The highest BCUT2D eigenvalue weighted by atomic mass is 16.6. The second-order valence-corrected chi connectivity index (χ2v) is 9.29. The van der Waals surface area contributed by atoms with E-state index in [0.29, 0.717) is 26.1 Å². The van der Waals surface area contributed by atoms with E-state index in [1.165, 1.54) is 12.8 Å². The Bertz CT molecular complexity index is 1380. The lowest BCUT2D eigenvalue weighted by molar-refractivity contribution is -0.116. The zero-order valence-electron chi connectivity index (χ0n) is 20.2. The van der Waals surface area contributed by atoms with E-state index in [-0.39, 0.29) is 5.91 Å². The fraction of sp³-hybridized carbons (Fsp3) is 0.321. The van der Waals surface area contributed by atoms with Crippen LogP contribution < -0.4 is 14.8 Å². The summed E-state index contributed by atoms with van der Waals surface area (Å²) in [5.74, 6) is 2.31. The fourth-order valence-electron chi connectivity index (χ4n) is 4.82. The van der Waals surface area contributed by atoms with Crippen molar-refractivity contribution in [1.82, 2.24) is 19.5 Å². The van der Waals surface area contributed by atoms with Crippen molar-refractivity contribution in [2.75, 3.05) is 38.2 Å². The molecular weight excluding hydrogens is 454 g/mol. The normalized spacial score (nSPS) is 15.3. The molecule has 2 aromatic heterocycles. The predicted octanol–water partition coefficient (Wildman–Crippen LogP) is 4.18. The lowest BCUT2D eigenvalue weighted by atomic mass is 10.1. The molecular formula is C28H29N5O3. The number of carbonyl (C=O) groups excluding carboxylic acids is 1. The Morgan fingerprint density at radius 1 is 0.944 bits per heavy atom. The second kappa shape index (κ2) is 9.99. The van der Waals surface area contributed by atoms with Crippen molar-refractivity contribution in [2.45, 2.75) is 25.7 Å². The zero-order chi connectivity index (χ0) is 24.3. The number of hydrogen-bond acceptors (Lipinski definition) is 6. The van der Waals surface area contributed by atoms with Crippen LogP contribution in [-0.2, 0) is 11.2 Å². The molecule has 1 saturated heterocycles. The lowest BCUT2D eigenvalue weighted by Crippen LogP contribution is -2.25. The largest absolute Gasteiger partial charge is 0.486 e. The number of nitrogens with one attached hydrogen (secondary N) is 1. The summed E-state index contributed by atoms with van der Waals surface area (Å²) < 4.78 is 13.3. The molecule has 2 aliphatic rings. The van der Waals surface area contributed by atoms with Gasteiger partial charge in [0.2, 0.25) is 5.91 Å². The molecule has 0 atom stereocenters. The minimum Gasteiger partial charge on any atom is -0.486 e. The Kier molecular flexibility index (Phi) is 6.26. The molecule has 0 spiro atoms. The minimum atomic E-state index is 0.0586. The van der Waals surface area contributed by atoms with Gasteiger partial charge in [0.15, 0.2) is 23.0 Å². The van der Waals surface area contributed by atoms with E-state index < -0.39 is 0 Å². The average molecular weight is 484 g/mol. The first-order valence-corrected chi connectivity index (χ1v) is 12.6. The van der Waals surface area contributed by atoms with E-state index in [4.69, 9.17) is 19.6 Å². The first kappa shape index (κ1) is 22.5. The van der Waals surface area contributed by atoms with Gasteiger partial charge in [0.05, 0.1) is 5.69 Å². The van der Waals surface area contributed by atoms with E-state index in [9.17, 15) is 4.79 Å². The Balaban J connectivity index is 1.14. The molecule has 1 fully saturated rings. The number of anilines is 1. The van der Waals surface area contributed by atoms with Crippen LogP contribution in [0.1, 0.15) is 30.7 Å². The van der Waals surface area contributed by atoms with Gasteiger partial charge < -0.3 is 19.7 Å². The maximum absolute atomic E-state index is 12.3. The third-order valence-corrected chi connectivity index (χ3v) is 6.70. The van der Waals surface area contributed by atoms with Gasteiger partial charge in [0.25, 0.3) is 0 Å². The second-order valence-electron chi connectivity index (χ2n) is 9.29. The molecule has 1 amide bonds. The molecule has 8 nitrogen and oxygen atoms in total. The van der Waals surface area contributed by atoms with Gasteiger partial charge in [-0.2, -0.15) is 5.10 Å². The van der Waals surface area contributed by atoms with Gasteiger partial charge in [-0.1, -0.05) is 18.2 Å². The molecule has 0 unspecified atom stereocenters. The quantitative estimate of drug-likeness (QED) is 0.425. The van der Waals surface area contributed by atoms with Crippen molar-refractivity contribution in [3.63, 3.8) is 0 Å². The number of ether oxygens (including phenoxy) is 2. The van der Waals surface area contributed by atoms with Gasteiger partial charge in [-0.3, -0.25) is 4.79 Å². The number of hydrogen-bond donors (Lipinski definition) is 1. The van der Waals surface area contributed by atoms with Crippen LogP contribution in [0.15, 0.2) is 60.7 Å². The number of nitrogens with zero attached hydrogens (tertiary/aromatic N) is 4. The molecule has 0 aliphatic carbocycles. The summed E-state index contributed by atoms with van der Waals surface area (Å²) in [7, 11) is 0. The molecule has 2 aliphatic heterocycles. The highest BCUT2D eigenvalue weighted by Crippen LogP contribution is 2.34. The summed E-state index contributed by atoms with van der Waals surface area (Å²) in [6, 6.07) is 19.8. The Labute approximate surface area is 209 Å². The maximum atomic E-state index is 12.3. The summed E-state index contributed by atoms with van der Waals surface area (Å²) >= 11 is 0. The van der Waals surface area contributed by atoms with Crippen molar-refractivity contribution in [2.24, 2.45) is 0 Å². The molecule has 0 radical (unpaired) electrons. The van der Waals surface area contributed by atoms with Gasteiger partial charge in [-0.25, -0.2) is 9.50 Å². The molecule has 4 aromatic rings. The lowest BCUT2D eigenvalue weighted by Gasteiger charge is -2.19. The number of amides is 1. The van der Waals surface area contributed by atoms with Gasteiger partial charge in [-0.05, 0) is 74.0 Å². The van der Waals surface area contributed by atoms with Crippen molar-refractivity contribution in [3.8, 4) is 22.8 Å². The molecule has 0 bridgehead atoms. The van der Waals surface area contributed by atoms with Gasteiger partial charge in [0.1, 0.15) is 13.2 Å². The molecule has 4 heterocycles. The minimum absolute atomic E-state index is 0.0586. The highest BCUT2D eigenvalue weighted by Gasteiger charge is 2.16. The number of carbonyl (C=O) groups is 1. The van der Waals surface area contributed by atoms with Gasteiger partial charge >= 0.3 is 0 Å². The van der Waals surface area contributed by atoms with Crippen molar-refractivity contribution in [1.29, 1.82) is 0 Å². The third-order valence-electron chi connectivity index (χ3n) is 6.70. The van der Waals surface area contributed by atoms with Crippen LogP contribution in [0.5, 0.6) is 11.5 Å². The van der Waals surface area contributed by atoms with Crippen LogP contribution >= 0.6 is 0 Å². The number of aromatic nitrogens is 3. The number of rotatable bonds is 7. The predicted molar refractivity (Wildman–Crippen MR) is 138 cm³/mol. The fourth-order valence-corrected chi connectivity index (χ4v) is 4.82. The van der Waals surface area contributed by atoms with Crippen LogP contribution in [0.25, 0.3) is 16.9 Å². The molecule has 6 rings (SSSR count). The Hall–Kier alpha value is -3.91. The zero-order valence-corrected chi connectivity index (χ0v) is 20.2. The van der Waals surface area contributed by atoms with E-state index in [0.717, 1.165) is 65.1 Å². The van der Waals surface area contributed by atoms with E-state index in [1.54, 1.807) is 0 Å². The van der Waals surface area contributed by atoms with Gasteiger partial charge in [0, 0.05) is 30.6 Å². The monoisotopic (exact) mass is 483 g/mol. The van der Waals surface area contributed by atoms with Crippen LogP contribution in [0.3, 0.4) is 0 Å². The van der Waals surface area contributed by atoms with E-state index in [2.05, 4.69) is 10.2 Å². The van der Waals surface area contributed by atoms with Crippen molar-refractivity contribution in [3.05, 3.63) is 72.1 Å². The number of likely N-dealkylation sites (tertiary alicyclic amines) is 1. The standard InChI is InChI=1S/C28H29N5O3/c34-28(12-15-32-13-1-2-14-32)29-22-9-6-20(7-10-22)18-26-30-27-5-3-4-23(33(27)31-26)21-8-11-24-25(19-21)36-17-16-35-24/h3-11,19H,1-2,12-18H2,(H,29,34). The molecule has 36 heavy (non-hydrogen) atoms. The van der Waals surface area contributed by atoms with Crippen LogP contribution in [0, 0.1) is 0 Å². The SMILES string of the molecule is O=C(CCN1CCCC1)Nc1ccc(Cc2nc3cccc(-c4ccc5c(c4)OCCO5)n3n2)cc1. The highest BCUT2D eigenvalue weighted by molar-refractivity contribution is 5.90. The summed E-state index contributed by atoms with van der Waals surface area (Å²) in [4.78, 5) is 19.4. The summed E-state index contributed by atoms with van der Waals surface area (Å²) in [6.07, 6.45) is 3.61. The van der Waals surface area contributed by atoms with Crippen molar-refractivity contribution >= 4 is 17.2 Å². The first-order valence-electron chi connectivity index (χ1n) is 12.6. The number of pyridine rings is 1. The van der Waals surface area contributed by atoms with E-state index in [1.807, 2.05) is 65.2 Å². The van der Waals surface area contributed by atoms with Gasteiger partial charge in [-0.15, -0.1) is 0 Å². The first-order chi connectivity index (χ1) is 17.7. The summed E-state index contributed by atoms with van der Waals surface area (Å²) in [6.45, 7) is 4.17. The maximum Gasteiger partial charge on any atom is 0.225 e. The summed E-state index contributed by atoms with van der Waals surface area (Å²) in [5, 5.41) is 7.79. The number of benzene rings is 2. The molecule has 0 saturated carbocycles. The topological polar surface area (TPSA) is 81.0 Å². The average Bonchev–Trinajstić information content (AvgIpc) is 3.58. The Morgan fingerprint density at radius 2 is 1.75 bits per heavy atom. The Morgan fingerprint density at radius 3 is 2.58 bits per heavy atom. The van der Waals surface area contributed by atoms with Crippen LogP contribution in [0.4, 0.5) is 5.69 Å². The van der Waals surface area contributed by atoms with Crippen LogP contribution in [0.2, 0.25) is 0 Å². The van der Waals surface area contributed by atoms with Crippen molar-refractivity contribution < 1.29 is 14.3 Å². The van der Waals surface area contributed by atoms with Crippen LogP contribution in [-0.4, -0.2) is 58.3 Å². The van der Waals surface area contributed by atoms with E-state index >= 15 is 0 Å². The molecule has 1 N–H and O–H groups in total. The smallest absolute Gasteiger partial charge is 0.225 e. The molecule has 2 aromatic carbocycles.